The van der Waals surface area contributed by atoms with Crippen LogP contribution in [-0.2, 0) is 6.42 Å². The molecule has 0 radical (unpaired) electrons. The zero-order valence-electron chi connectivity index (χ0n) is 8.93. The first-order valence-corrected chi connectivity index (χ1v) is 6.42. The maximum absolute atomic E-state index is 13.2. The van der Waals surface area contributed by atoms with Crippen LogP contribution in [0.3, 0.4) is 0 Å². The Hall–Kier alpha value is -0.0800. The van der Waals surface area contributed by atoms with E-state index in [1.807, 2.05) is 6.07 Å². The Morgan fingerprint density at radius 2 is 2.13 bits per heavy atom. The number of rotatable bonds is 4. The summed E-state index contributed by atoms with van der Waals surface area (Å²) >= 11 is 9.20. The second-order valence-corrected chi connectivity index (χ2v) is 5.65. The molecule has 0 nitrogen and oxygen atoms in total. The van der Waals surface area contributed by atoms with Crippen LogP contribution in [-0.4, -0.2) is 4.83 Å². The minimum atomic E-state index is -0.328. The minimum Gasteiger partial charge on any atom is -0.205 e. The van der Waals surface area contributed by atoms with Crippen molar-refractivity contribution < 1.29 is 4.39 Å². The lowest BCUT2D eigenvalue weighted by Gasteiger charge is -2.17. The number of hydrogen-bond donors (Lipinski definition) is 0. The first-order valence-electron chi connectivity index (χ1n) is 5.12. The van der Waals surface area contributed by atoms with Crippen molar-refractivity contribution in [3.8, 4) is 0 Å². The van der Waals surface area contributed by atoms with Gasteiger partial charge < -0.3 is 0 Å². The van der Waals surface area contributed by atoms with E-state index in [0.29, 0.717) is 10.7 Å². The summed E-state index contributed by atoms with van der Waals surface area (Å²) in [4.78, 5) is 0.446. The predicted octanol–water partition coefficient (Wildman–Crippen LogP) is 4.83. The summed E-state index contributed by atoms with van der Waals surface area (Å²) < 4.78 is 13.2. The van der Waals surface area contributed by atoms with Gasteiger partial charge in [-0.3, -0.25) is 0 Å². The van der Waals surface area contributed by atoms with Gasteiger partial charge in [-0.15, -0.1) is 0 Å². The molecule has 15 heavy (non-hydrogen) atoms. The molecule has 2 atom stereocenters. The quantitative estimate of drug-likeness (QED) is 0.697. The van der Waals surface area contributed by atoms with Crippen molar-refractivity contribution in [1.29, 1.82) is 0 Å². The first-order chi connectivity index (χ1) is 7.04. The molecule has 1 aromatic carbocycles. The van der Waals surface area contributed by atoms with Crippen LogP contribution in [0.5, 0.6) is 0 Å². The highest BCUT2D eigenvalue weighted by molar-refractivity contribution is 9.09. The van der Waals surface area contributed by atoms with Gasteiger partial charge in [0.2, 0.25) is 0 Å². The Kier molecular flexibility index (Phi) is 5.07. The van der Waals surface area contributed by atoms with E-state index in [4.69, 9.17) is 11.6 Å². The molecule has 0 spiro atoms. The Morgan fingerprint density at radius 3 is 2.60 bits per heavy atom. The van der Waals surface area contributed by atoms with Crippen molar-refractivity contribution in [3.05, 3.63) is 34.6 Å². The van der Waals surface area contributed by atoms with E-state index in [1.165, 1.54) is 6.07 Å². The van der Waals surface area contributed by atoms with Crippen LogP contribution in [0.2, 0.25) is 5.02 Å². The van der Waals surface area contributed by atoms with Crippen molar-refractivity contribution in [2.24, 2.45) is 5.92 Å². The molecule has 0 N–H and O–H groups in total. The maximum Gasteiger partial charge on any atom is 0.142 e. The van der Waals surface area contributed by atoms with Crippen molar-refractivity contribution in [2.75, 3.05) is 0 Å². The average molecular weight is 294 g/mol. The molecule has 0 saturated carbocycles. The largest absolute Gasteiger partial charge is 0.205 e. The molecular weight excluding hydrogens is 278 g/mol. The van der Waals surface area contributed by atoms with Gasteiger partial charge in [-0.25, -0.2) is 4.39 Å². The van der Waals surface area contributed by atoms with E-state index in [9.17, 15) is 4.39 Å². The van der Waals surface area contributed by atoms with Gasteiger partial charge in [0.25, 0.3) is 0 Å². The van der Waals surface area contributed by atoms with Crippen LogP contribution < -0.4 is 0 Å². The molecule has 0 aliphatic rings. The summed E-state index contributed by atoms with van der Waals surface area (Å²) in [5, 5.41) is 0.193. The molecule has 0 aliphatic carbocycles. The Morgan fingerprint density at radius 1 is 1.47 bits per heavy atom. The molecule has 0 aliphatic heterocycles. The van der Waals surface area contributed by atoms with E-state index in [-0.39, 0.29) is 10.8 Å². The molecular formula is C12H15BrClF. The van der Waals surface area contributed by atoms with Crippen molar-refractivity contribution in [3.63, 3.8) is 0 Å². The third-order valence-corrected chi connectivity index (χ3v) is 3.71. The SMILES string of the molecule is CCC(Cc1ccc(Cl)c(F)c1)C(C)Br. The molecule has 0 saturated heterocycles. The highest BCUT2D eigenvalue weighted by atomic mass is 79.9. The predicted molar refractivity (Wildman–Crippen MR) is 67.3 cm³/mol. The number of hydrogen-bond acceptors (Lipinski definition) is 0. The lowest BCUT2D eigenvalue weighted by atomic mass is 9.94. The van der Waals surface area contributed by atoms with Crippen LogP contribution in [0, 0.1) is 11.7 Å². The van der Waals surface area contributed by atoms with Crippen molar-refractivity contribution >= 4 is 27.5 Å². The summed E-state index contributed by atoms with van der Waals surface area (Å²) in [6.07, 6.45) is 1.97. The van der Waals surface area contributed by atoms with Crippen LogP contribution in [0.25, 0.3) is 0 Å². The van der Waals surface area contributed by atoms with Gasteiger partial charge in [-0.1, -0.05) is 53.9 Å². The summed E-state index contributed by atoms with van der Waals surface area (Å²) in [6, 6.07) is 5.04. The summed E-state index contributed by atoms with van der Waals surface area (Å²) in [7, 11) is 0. The van der Waals surface area contributed by atoms with E-state index in [0.717, 1.165) is 18.4 Å². The fraction of sp³-hybridized carbons (Fsp3) is 0.500. The summed E-state index contributed by atoms with van der Waals surface area (Å²) in [5.41, 5.74) is 1.01. The first kappa shape index (κ1) is 13.0. The van der Waals surface area contributed by atoms with E-state index in [2.05, 4.69) is 29.8 Å². The molecule has 0 amide bonds. The standard InChI is InChI=1S/C12H15BrClF/c1-3-10(8(2)13)6-9-4-5-11(14)12(15)7-9/h4-5,7-8,10H,3,6H2,1-2H3. The Bertz CT molecular complexity index is 325. The third kappa shape index (κ3) is 3.76. The molecule has 0 bridgehead atoms. The topological polar surface area (TPSA) is 0 Å². The monoisotopic (exact) mass is 292 g/mol. The second kappa shape index (κ2) is 5.86. The molecule has 2 unspecified atom stereocenters. The highest BCUT2D eigenvalue weighted by Gasteiger charge is 2.13. The maximum atomic E-state index is 13.2. The smallest absolute Gasteiger partial charge is 0.142 e. The highest BCUT2D eigenvalue weighted by Crippen LogP contribution is 2.23. The fourth-order valence-electron chi connectivity index (χ4n) is 1.60. The average Bonchev–Trinajstić information content (AvgIpc) is 2.19. The molecule has 3 heteroatoms. The van der Waals surface area contributed by atoms with Gasteiger partial charge in [0, 0.05) is 4.83 Å². The summed E-state index contributed by atoms with van der Waals surface area (Å²) in [5.74, 6) is 0.205. The zero-order valence-corrected chi connectivity index (χ0v) is 11.3. The van der Waals surface area contributed by atoms with Gasteiger partial charge >= 0.3 is 0 Å². The molecule has 0 aromatic heterocycles. The van der Waals surface area contributed by atoms with Crippen LogP contribution >= 0.6 is 27.5 Å². The molecule has 84 valence electrons. The second-order valence-electron chi connectivity index (χ2n) is 3.80. The third-order valence-electron chi connectivity index (χ3n) is 2.66. The fourth-order valence-corrected chi connectivity index (χ4v) is 2.28. The van der Waals surface area contributed by atoms with E-state index >= 15 is 0 Å². The lowest BCUT2D eigenvalue weighted by molar-refractivity contribution is 0.506. The molecule has 0 fully saturated rings. The van der Waals surface area contributed by atoms with Crippen molar-refractivity contribution in [1.82, 2.24) is 0 Å². The van der Waals surface area contributed by atoms with Gasteiger partial charge in [0.15, 0.2) is 0 Å². The van der Waals surface area contributed by atoms with Gasteiger partial charge in [-0.2, -0.15) is 0 Å². The molecule has 1 rings (SSSR count). The number of alkyl halides is 1. The van der Waals surface area contributed by atoms with E-state index in [1.54, 1.807) is 6.07 Å². The van der Waals surface area contributed by atoms with Gasteiger partial charge in [0.05, 0.1) is 5.02 Å². The number of halogens is 3. The van der Waals surface area contributed by atoms with Crippen LogP contribution in [0.15, 0.2) is 18.2 Å². The number of benzene rings is 1. The Labute approximate surface area is 104 Å². The molecule has 1 aromatic rings. The normalized spacial score (nSPS) is 15.0. The van der Waals surface area contributed by atoms with Crippen LogP contribution in [0.1, 0.15) is 25.8 Å². The van der Waals surface area contributed by atoms with Crippen LogP contribution in [0.4, 0.5) is 4.39 Å². The zero-order chi connectivity index (χ0) is 11.4. The van der Waals surface area contributed by atoms with Crippen molar-refractivity contribution in [2.45, 2.75) is 31.5 Å². The Balaban J connectivity index is 2.75. The minimum absolute atomic E-state index is 0.193. The van der Waals surface area contributed by atoms with Gasteiger partial charge in [-0.05, 0) is 30.0 Å². The molecule has 0 heterocycles. The lowest BCUT2D eigenvalue weighted by Crippen LogP contribution is -2.13. The van der Waals surface area contributed by atoms with E-state index < -0.39 is 0 Å². The van der Waals surface area contributed by atoms with Gasteiger partial charge in [0.1, 0.15) is 5.82 Å². The summed E-state index contributed by atoms with van der Waals surface area (Å²) in [6.45, 7) is 4.27.